The lowest BCUT2D eigenvalue weighted by atomic mass is 10.3. The van der Waals surface area contributed by atoms with Gasteiger partial charge < -0.3 is 23.9 Å². The number of para-hydroxylation sites is 2. The minimum Gasteiger partial charge on any atom is -0.461 e. The van der Waals surface area contributed by atoms with Gasteiger partial charge in [-0.1, -0.05) is 17.3 Å². The number of rotatable bonds is 6. The molecule has 0 spiro atoms. The van der Waals surface area contributed by atoms with Crippen molar-refractivity contribution in [2.45, 2.75) is 19.6 Å². The lowest BCUT2D eigenvalue weighted by molar-refractivity contribution is 0.208. The summed E-state index contributed by atoms with van der Waals surface area (Å²) in [6.45, 7) is 2.64. The molecule has 0 saturated heterocycles. The van der Waals surface area contributed by atoms with Crippen LogP contribution in [-0.4, -0.2) is 32.5 Å². The Morgan fingerprint density at radius 1 is 1.20 bits per heavy atom. The van der Waals surface area contributed by atoms with Crippen LogP contribution in [0.4, 0.5) is 5.95 Å². The van der Waals surface area contributed by atoms with Crippen molar-refractivity contribution in [1.82, 2.24) is 14.7 Å². The first-order valence-corrected chi connectivity index (χ1v) is 8.07. The molecule has 0 aliphatic heterocycles. The number of aromatic nitrogens is 3. The minimum absolute atomic E-state index is 0.416. The number of hydrogen-bond acceptors (Lipinski definition) is 6. The summed E-state index contributed by atoms with van der Waals surface area (Å²) in [5, 5.41) is 16.9. The minimum atomic E-state index is -0.467. The maximum Gasteiger partial charge on any atom is 0.204 e. The van der Waals surface area contributed by atoms with Crippen molar-refractivity contribution >= 4 is 17.0 Å². The Labute approximate surface area is 143 Å². The summed E-state index contributed by atoms with van der Waals surface area (Å²) in [7, 11) is 0. The van der Waals surface area contributed by atoms with Gasteiger partial charge in [0.2, 0.25) is 11.7 Å². The Hall–Kier alpha value is -3.06. The highest BCUT2D eigenvalue weighted by atomic mass is 16.5. The molecule has 0 unspecified atom stereocenters. The fourth-order valence-electron chi connectivity index (χ4n) is 2.69. The van der Waals surface area contributed by atoms with Gasteiger partial charge in [-0.05, 0) is 31.2 Å². The van der Waals surface area contributed by atoms with E-state index in [2.05, 4.69) is 15.5 Å². The molecule has 7 nitrogen and oxygen atoms in total. The predicted octanol–water partition coefficient (Wildman–Crippen LogP) is 3.13. The molecule has 0 bridgehead atoms. The second-order valence-corrected chi connectivity index (χ2v) is 5.90. The van der Waals surface area contributed by atoms with E-state index in [0.29, 0.717) is 30.6 Å². The summed E-state index contributed by atoms with van der Waals surface area (Å²) in [4.78, 5) is 4.60. The number of anilines is 1. The molecule has 4 rings (SSSR count). The molecule has 0 saturated carbocycles. The smallest absolute Gasteiger partial charge is 0.204 e. The molecule has 0 aliphatic rings. The number of nitrogens with zero attached hydrogens (tertiary/aromatic N) is 3. The number of fused-ring (bicyclic) bond motifs is 1. The molecule has 0 amide bonds. The first kappa shape index (κ1) is 15.5. The molecule has 1 atom stereocenters. The lowest BCUT2D eigenvalue weighted by Crippen LogP contribution is -2.18. The first-order valence-electron chi connectivity index (χ1n) is 8.07. The molecule has 25 heavy (non-hydrogen) atoms. The predicted molar refractivity (Wildman–Crippen MR) is 93.2 cm³/mol. The number of hydrogen-bond donors (Lipinski definition) is 2. The van der Waals surface area contributed by atoms with Gasteiger partial charge in [0.25, 0.3) is 0 Å². The zero-order valence-corrected chi connectivity index (χ0v) is 13.7. The van der Waals surface area contributed by atoms with Crippen LogP contribution in [0.15, 0.2) is 57.7 Å². The van der Waals surface area contributed by atoms with Crippen LogP contribution in [0.25, 0.3) is 22.6 Å². The van der Waals surface area contributed by atoms with Crippen molar-refractivity contribution in [3.05, 3.63) is 54.4 Å². The number of aliphatic hydroxyl groups excluding tert-OH is 1. The second-order valence-electron chi connectivity index (χ2n) is 5.90. The zero-order valence-electron chi connectivity index (χ0n) is 13.7. The van der Waals surface area contributed by atoms with Crippen molar-refractivity contribution in [1.29, 1.82) is 0 Å². The third-order valence-corrected chi connectivity index (χ3v) is 3.85. The molecule has 0 aliphatic carbocycles. The van der Waals surface area contributed by atoms with Crippen LogP contribution in [-0.2, 0) is 6.54 Å². The van der Waals surface area contributed by atoms with E-state index in [1.165, 1.54) is 0 Å². The average molecular weight is 338 g/mol. The van der Waals surface area contributed by atoms with Crippen LogP contribution >= 0.6 is 0 Å². The van der Waals surface area contributed by atoms with E-state index >= 15 is 0 Å². The van der Waals surface area contributed by atoms with Gasteiger partial charge in [0, 0.05) is 12.6 Å². The van der Waals surface area contributed by atoms with E-state index < -0.39 is 6.10 Å². The number of nitrogens with one attached hydrogen (secondary N) is 1. The Balaban J connectivity index is 1.67. The summed E-state index contributed by atoms with van der Waals surface area (Å²) >= 11 is 0. The Kier molecular flexibility index (Phi) is 3.99. The van der Waals surface area contributed by atoms with Gasteiger partial charge in [-0.3, -0.25) is 0 Å². The topological polar surface area (TPSA) is 89.2 Å². The number of imidazole rings is 1. The maximum absolute atomic E-state index is 9.54. The third kappa shape index (κ3) is 3.14. The van der Waals surface area contributed by atoms with Crippen molar-refractivity contribution < 1.29 is 14.0 Å². The first-order chi connectivity index (χ1) is 12.2. The molecule has 128 valence electrons. The molecular formula is C18H18N4O3. The van der Waals surface area contributed by atoms with Crippen LogP contribution in [0, 0.1) is 0 Å². The van der Waals surface area contributed by atoms with E-state index in [1.54, 1.807) is 19.3 Å². The van der Waals surface area contributed by atoms with Gasteiger partial charge in [0.05, 0.1) is 29.9 Å². The van der Waals surface area contributed by atoms with Gasteiger partial charge in [-0.2, -0.15) is 0 Å². The molecular weight excluding hydrogens is 320 g/mol. The van der Waals surface area contributed by atoms with Crippen molar-refractivity contribution in [3.8, 4) is 11.5 Å². The highest BCUT2D eigenvalue weighted by molar-refractivity contribution is 5.78. The van der Waals surface area contributed by atoms with E-state index in [9.17, 15) is 5.11 Å². The Morgan fingerprint density at radius 3 is 2.88 bits per heavy atom. The van der Waals surface area contributed by atoms with Crippen LogP contribution in [0.3, 0.4) is 0 Å². The molecule has 0 fully saturated rings. The fraction of sp³-hybridized carbons (Fsp3) is 0.222. The second kappa shape index (κ2) is 6.45. The van der Waals surface area contributed by atoms with Gasteiger partial charge in [-0.15, -0.1) is 0 Å². The van der Waals surface area contributed by atoms with Crippen LogP contribution in [0.5, 0.6) is 0 Å². The third-order valence-electron chi connectivity index (χ3n) is 3.85. The largest absolute Gasteiger partial charge is 0.461 e. The highest BCUT2D eigenvalue weighted by Gasteiger charge is 2.15. The molecule has 7 heteroatoms. The van der Waals surface area contributed by atoms with E-state index in [4.69, 9.17) is 8.94 Å². The Morgan fingerprint density at radius 2 is 2.08 bits per heavy atom. The van der Waals surface area contributed by atoms with Gasteiger partial charge in [0.15, 0.2) is 5.76 Å². The Bertz CT molecular complexity index is 969. The van der Waals surface area contributed by atoms with E-state index in [-0.39, 0.29) is 0 Å². The van der Waals surface area contributed by atoms with Gasteiger partial charge in [-0.25, -0.2) is 4.98 Å². The van der Waals surface area contributed by atoms with Crippen molar-refractivity contribution in [2.75, 3.05) is 11.9 Å². The monoisotopic (exact) mass is 338 g/mol. The zero-order chi connectivity index (χ0) is 17.2. The maximum atomic E-state index is 9.54. The molecule has 4 aromatic rings. The normalized spacial score (nSPS) is 12.6. The summed E-state index contributed by atoms with van der Waals surface area (Å²) in [5.74, 6) is 1.91. The summed E-state index contributed by atoms with van der Waals surface area (Å²) in [6.07, 6.45) is 1.13. The SMILES string of the molecule is C[C@@H](O)CNc1nc2ccccc2n1Cc1cc(-c2ccco2)on1. The van der Waals surface area contributed by atoms with Crippen LogP contribution in [0.2, 0.25) is 0 Å². The van der Waals surface area contributed by atoms with Gasteiger partial charge >= 0.3 is 0 Å². The molecule has 3 aromatic heterocycles. The standard InChI is InChI=1S/C18H18N4O3/c1-12(23)10-19-18-20-14-5-2-3-6-15(14)22(18)11-13-9-17(25-21-13)16-7-4-8-24-16/h2-9,12,23H,10-11H2,1H3,(H,19,20)/t12-/m1/s1. The van der Waals surface area contributed by atoms with Crippen molar-refractivity contribution in [2.24, 2.45) is 0 Å². The van der Waals surface area contributed by atoms with Crippen LogP contribution in [0.1, 0.15) is 12.6 Å². The van der Waals surface area contributed by atoms with Gasteiger partial charge in [0.1, 0.15) is 5.69 Å². The molecule has 2 N–H and O–H groups in total. The molecule has 1 aromatic carbocycles. The molecule has 0 radical (unpaired) electrons. The average Bonchev–Trinajstić information content (AvgIpc) is 3.33. The molecule has 3 heterocycles. The number of furan rings is 1. The summed E-state index contributed by atoms with van der Waals surface area (Å²) in [5.41, 5.74) is 2.62. The van der Waals surface area contributed by atoms with Crippen molar-refractivity contribution in [3.63, 3.8) is 0 Å². The summed E-state index contributed by atoms with van der Waals surface area (Å²) in [6, 6.07) is 13.4. The van der Waals surface area contributed by atoms with E-state index in [0.717, 1.165) is 16.7 Å². The number of aliphatic hydroxyl groups is 1. The quantitative estimate of drug-likeness (QED) is 0.561. The van der Waals surface area contributed by atoms with E-state index in [1.807, 2.05) is 41.0 Å². The van der Waals surface area contributed by atoms with Crippen LogP contribution < -0.4 is 5.32 Å². The fourth-order valence-corrected chi connectivity index (χ4v) is 2.69. The number of benzene rings is 1. The highest BCUT2D eigenvalue weighted by Crippen LogP contribution is 2.24. The summed E-state index contributed by atoms with van der Waals surface area (Å²) < 4.78 is 12.7. The lowest BCUT2D eigenvalue weighted by Gasteiger charge is -2.10.